The van der Waals surface area contributed by atoms with E-state index < -0.39 is 0 Å². The van der Waals surface area contributed by atoms with Gasteiger partial charge in [-0.15, -0.1) is 0 Å². The summed E-state index contributed by atoms with van der Waals surface area (Å²) < 4.78 is 0. The van der Waals surface area contributed by atoms with Crippen molar-refractivity contribution in [1.29, 1.82) is 0 Å². The van der Waals surface area contributed by atoms with Gasteiger partial charge in [0.25, 0.3) is 0 Å². The molecule has 9 rings (SSSR count). The maximum Gasteiger partial charge on any atom is 0.0694 e. The Morgan fingerprint density at radius 1 is 0.365 bits per heavy atom. The molecule has 2 aliphatic rings. The summed E-state index contributed by atoms with van der Waals surface area (Å²) in [6.07, 6.45) is 7.70. The fraction of sp³-hybridized carbons (Fsp3) is 0.0833. The molecule has 4 aromatic carbocycles. The third-order valence-electron chi connectivity index (χ3n) is 9.83. The van der Waals surface area contributed by atoms with Crippen LogP contribution < -0.4 is 0 Å². The standard InChI is InChI=1S/C48H38N4/c1-5-13-33(14-6-1)21-37-25-41-30-46-39(23-35-17-9-3-10-18-35)27-43(51-46)32-48-40(24-36-19-11-4-12-20-36)28-44(52-48)31-47-38(22-34-15-7-2-8-16-34)26-42(50-47)29-45(37)49-41/h1-20,25-32,49-50H,21-24H2. The van der Waals surface area contributed by atoms with Crippen molar-refractivity contribution in [3.05, 3.63) is 214 Å². The summed E-state index contributed by atoms with van der Waals surface area (Å²) in [6, 6.07) is 56.0. The van der Waals surface area contributed by atoms with Gasteiger partial charge in [0.2, 0.25) is 0 Å². The Bertz CT molecular complexity index is 2590. The Kier molecular flexibility index (Phi) is 8.47. The first kappa shape index (κ1) is 31.5. The Balaban J connectivity index is 1.27. The molecule has 4 nitrogen and oxygen atoms in total. The quantitative estimate of drug-likeness (QED) is 0.169. The van der Waals surface area contributed by atoms with Gasteiger partial charge in [-0.2, -0.15) is 0 Å². The van der Waals surface area contributed by atoms with Crippen LogP contribution in [0.25, 0.3) is 45.4 Å². The van der Waals surface area contributed by atoms with Crippen molar-refractivity contribution in [3.63, 3.8) is 0 Å². The fourth-order valence-corrected chi connectivity index (χ4v) is 7.31. The van der Waals surface area contributed by atoms with Gasteiger partial charge < -0.3 is 9.97 Å². The Hall–Kier alpha value is -6.52. The van der Waals surface area contributed by atoms with Gasteiger partial charge in [-0.3, -0.25) is 0 Å². The SMILES string of the molecule is C1=C(Cc2ccccc2)c2cc3nc(cc4cc(Cc5ccccc5)c(cc5cc(Cc6ccccc6)c(cc1n2)[nH]5)[nH]4)C(Cc1ccccc1)=C3. The van der Waals surface area contributed by atoms with Gasteiger partial charge in [0.05, 0.1) is 22.8 Å². The second kappa shape index (κ2) is 14.0. The molecule has 2 N–H and O–H groups in total. The van der Waals surface area contributed by atoms with E-state index in [0.29, 0.717) is 0 Å². The second-order valence-electron chi connectivity index (χ2n) is 13.7. The average molecular weight is 671 g/mol. The molecule has 0 fully saturated rings. The summed E-state index contributed by atoms with van der Waals surface area (Å²) in [5.74, 6) is 0. The van der Waals surface area contributed by atoms with Crippen molar-refractivity contribution in [1.82, 2.24) is 19.9 Å². The van der Waals surface area contributed by atoms with Gasteiger partial charge in [-0.1, -0.05) is 121 Å². The van der Waals surface area contributed by atoms with Gasteiger partial charge >= 0.3 is 0 Å². The third-order valence-corrected chi connectivity index (χ3v) is 9.83. The molecule has 3 aromatic heterocycles. The van der Waals surface area contributed by atoms with Crippen LogP contribution in [0.2, 0.25) is 0 Å². The number of nitrogens with one attached hydrogen (secondary N) is 2. The van der Waals surface area contributed by atoms with Crippen LogP contribution >= 0.6 is 0 Å². The van der Waals surface area contributed by atoms with Crippen molar-refractivity contribution in [2.75, 3.05) is 0 Å². The molecule has 0 saturated heterocycles. The molecule has 0 unspecified atom stereocenters. The van der Waals surface area contributed by atoms with Crippen LogP contribution in [0, 0.1) is 0 Å². The number of benzene rings is 4. The molecule has 0 amide bonds. The van der Waals surface area contributed by atoms with E-state index in [1.54, 1.807) is 0 Å². The number of H-pyrrole nitrogens is 2. The highest BCUT2D eigenvalue weighted by atomic mass is 14.8. The summed E-state index contributed by atoms with van der Waals surface area (Å²) in [7, 11) is 0. The lowest BCUT2D eigenvalue weighted by Crippen LogP contribution is -1.89. The minimum absolute atomic E-state index is 0.792. The zero-order chi connectivity index (χ0) is 34.7. The van der Waals surface area contributed by atoms with Gasteiger partial charge in [-0.25, -0.2) is 9.97 Å². The van der Waals surface area contributed by atoms with Gasteiger partial charge in [0.1, 0.15) is 0 Å². The van der Waals surface area contributed by atoms with Gasteiger partial charge in [-0.05, 0) is 119 Å². The smallest absolute Gasteiger partial charge is 0.0694 e. The molecular formula is C48H38N4. The largest absolute Gasteiger partial charge is 0.355 e. The number of aromatic nitrogens is 4. The molecule has 5 heterocycles. The highest BCUT2D eigenvalue weighted by molar-refractivity contribution is 5.88. The second-order valence-corrected chi connectivity index (χ2v) is 13.7. The van der Waals surface area contributed by atoms with E-state index in [0.717, 1.165) is 70.5 Å². The summed E-state index contributed by atoms with van der Waals surface area (Å²) in [4.78, 5) is 18.0. The molecule has 0 aliphatic carbocycles. The van der Waals surface area contributed by atoms with E-state index in [4.69, 9.17) is 9.97 Å². The van der Waals surface area contributed by atoms with Crippen LogP contribution in [-0.2, 0) is 25.7 Å². The van der Waals surface area contributed by atoms with Crippen molar-refractivity contribution in [2.45, 2.75) is 25.7 Å². The monoisotopic (exact) mass is 670 g/mol. The summed E-state index contributed by atoms with van der Waals surface area (Å²) >= 11 is 0. The zero-order valence-electron chi connectivity index (χ0n) is 28.9. The highest BCUT2D eigenvalue weighted by Gasteiger charge is 2.16. The first-order chi connectivity index (χ1) is 25.7. The van der Waals surface area contributed by atoms with Crippen LogP contribution in [0.4, 0.5) is 0 Å². The minimum atomic E-state index is 0.792. The Morgan fingerprint density at radius 2 is 0.750 bits per heavy atom. The number of allylic oxidation sites excluding steroid dienone is 2. The maximum absolute atomic E-state index is 5.24. The molecule has 250 valence electrons. The van der Waals surface area contributed by atoms with Crippen molar-refractivity contribution in [2.24, 2.45) is 0 Å². The molecule has 0 radical (unpaired) electrons. The van der Waals surface area contributed by atoms with Crippen LogP contribution in [0.5, 0.6) is 0 Å². The lowest BCUT2D eigenvalue weighted by atomic mass is 10.0. The molecule has 2 aliphatic heterocycles. The van der Waals surface area contributed by atoms with Crippen molar-refractivity contribution >= 4 is 45.4 Å². The lowest BCUT2D eigenvalue weighted by Gasteiger charge is -2.02. The molecule has 7 aromatic rings. The summed E-state index contributed by atoms with van der Waals surface area (Å²) in [5, 5.41) is 0. The molecule has 0 spiro atoms. The maximum atomic E-state index is 5.24. The number of nitrogens with zero attached hydrogens (tertiary/aromatic N) is 2. The van der Waals surface area contributed by atoms with E-state index in [9.17, 15) is 0 Å². The predicted molar refractivity (Wildman–Crippen MR) is 216 cm³/mol. The molecule has 52 heavy (non-hydrogen) atoms. The Morgan fingerprint density at radius 3 is 1.23 bits per heavy atom. The normalized spacial score (nSPS) is 12.4. The number of rotatable bonds is 8. The van der Waals surface area contributed by atoms with E-state index in [1.807, 2.05) is 0 Å². The van der Waals surface area contributed by atoms with E-state index in [-0.39, 0.29) is 0 Å². The first-order valence-corrected chi connectivity index (χ1v) is 18.0. The van der Waals surface area contributed by atoms with Gasteiger partial charge in [0.15, 0.2) is 0 Å². The molecule has 4 heteroatoms. The number of hydrogen-bond donors (Lipinski definition) is 2. The molecule has 0 saturated carbocycles. The predicted octanol–water partition coefficient (Wildman–Crippen LogP) is 11.1. The van der Waals surface area contributed by atoms with Crippen LogP contribution in [0.15, 0.2) is 158 Å². The Labute approximate surface area is 303 Å². The zero-order valence-corrected chi connectivity index (χ0v) is 28.9. The molecule has 8 bridgehead atoms. The number of aromatic amines is 2. The summed E-state index contributed by atoms with van der Waals surface area (Å²) in [6.45, 7) is 0. The molecular weight excluding hydrogens is 633 g/mol. The highest BCUT2D eigenvalue weighted by Crippen LogP contribution is 2.31. The topological polar surface area (TPSA) is 57.4 Å². The summed E-state index contributed by atoms with van der Waals surface area (Å²) in [5.41, 5.74) is 17.9. The van der Waals surface area contributed by atoms with Gasteiger partial charge in [0, 0.05) is 22.1 Å². The minimum Gasteiger partial charge on any atom is -0.355 e. The van der Waals surface area contributed by atoms with E-state index >= 15 is 0 Å². The number of fused-ring (bicyclic) bond motifs is 8. The van der Waals surface area contributed by atoms with Crippen LogP contribution in [0.1, 0.15) is 56.2 Å². The average Bonchev–Trinajstić information content (AvgIpc) is 3.93. The van der Waals surface area contributed by atoms with Crippen molar-refractivity contribution < 1.29 is 0 Å². The first-order valence-electron chi connectivity index (χ1n) is 18.0. The number of hydrogen-bond acceptors (Lipinski definition) is 2. The lowest BCUT2D eigenvalue weighted by molar-refractivity contribution is 1.21. The van der Waals surface area contributed by atoms with E-state index in [1.165, 1.54) is 44.5 Å². The fourth-order valence-electron chi connectivity index (χ4n) is 7.31. The third kappa shape index (κ3) is 7.05. The van der Waals surface area contributed by atoms with E-state index in [2.05, 4.69) is 180 Å². The molecule has 0 atom stereocenters. The van der Waals surface area contributed by atoms with Crippen LogP contribution in [0.3, 0.4) is 0 Å². The van der Waals surface area contributed by atoms with Crippen LogP contribution in [-0.4, -0.2) is 19.9 Å². The van der Waals surface area contributed by atoms with Crippen molar-refractivity contribution in [3.8, 4) is 0 Å².